The lowest BCUT2D eigenvalue weighted by atomic mass is 10.2. The molecule has 0 aliphatic carbocycles. The minimum Gasteiger partial charge on any atom is -0.304 e. The first-order valence-electron chi connectivity index (χ1n) is 8.38. The Morgan fingerprint density at radius 3 is 2.71 bits per heavy atom. The van der Waals surface area contributed by atoms with Gasteiger partial charge in [0.1, 0.15) is 0 Å². The van der Waals surface area contributed by atoms with E-state index in [4.69, 9.17) is 5.26 Å². The third-order valence-electron chi connectivity index (χ3n) is 4.04. The molecule has 1 aromatic carbocycles. The Morgan fingerprint density at radius 2 is 2.04 bits per heavy atom. The molecule has 5 nitrogen and oxygen atoms in total. The molecule has 0 spiro atoms. The van der Waals surface area contributed by atoms with Crippen LogP contribution in [-0.4, -0.2) is 39.3 Å². The molecule has 1 aromatic heterocycles. The highest BCUT2D eigenvalue weighted by Gasteiger charge is 2.14. The zero-order valence-electron chi connectivity index (χ0n) is 14.5. The molecule has 0 radical (unpaired) electrons. The van der Waals surface area contributed by atoms with Crippen LogP contribution in [0.2, 0.25) is 0 Å². The Labute approximate surface area is 147 Å². The first-order valence-corrected chi connectivity index (χ1v) is 9.26. The summed E-state index contributed by atoms with van der Waals surface area (Å²) in [5.74, 6) is 0. The van der Waals surface area contributed by atoms with Crippen molar-refractivity contribution in [1.29, 1.82) is 5.26 Å². The minimum absolute atomic E-state index is 0.0206. The van der Waals surface area contributed by atoms with Gasteiger partial charge in [-0.1, -0.05) is 37.7 Å². The number of hydrogen-bond acceptors (Lipinski definition) is 5. The van der Waals surface area contributed by atoms with Gasteiger partial charge in [0.2, 0.25) is 0 Å². The van der Waals surface area contributed by atoms with Crippen LogP contribution in [0.3, 0.4) is 0 Å². The van der Waals surface area contributed by atoms with Gasteiger partial charge in [-0.05, 0) is 45.1 Å². The third-order valence-corrected chi connectivity index (χ3v) is 5.02. The molecule has 0 fully saturated rings. The van der Waals surface area contributed by atoms with Gasteiger partial charge >= 0.3 is 0 Å². The normalized spacial score (nSPS) is 12.5. The Hall–Kier alpha value is -1.84. The van der Waals surface area contributed by atoms with Gasteiger partial charge in [0.25, 0.3) is 5.56 Å². The van der Waals surface area contributed by atoms with E-state index in [-0.39, 0.29) is 10.8 Å². The molecule has 0 bridgehead atoms. The van der Waals surface area contributed by atoms with E-state index in [0.717, 1.165) is 26.1 Å². The number of rotatable bonds is 8. The van der Waals surface area contributed by atoms with Gasteiger partial charge in [-0.3, -0.25) is 9.36 Å². The molecule has 24 heavy (non-hydrogen) atoms. The van der Waals surface area contributed by atoms with Crippen molar-refractivity contribution in [1.82, 2.24) is 14.5 Å². The fourth-order valence-corrected chi connectivity index (χ4v) is 3.43. The quantitative estimate of drug-likeness (QED) is 0.544. The summed E-state index contributed by atoms with van der Waals surface area (Å²) >= 11 is 1.35. The lowest BCUT2D eigenvalue weighted by Gasteiger charge is -2.19. The van der Waals surface area contributed by atoms with Gasteiger partial charge in [0, 0.05) is 6.54 Å². The molecular formula is C18H24N4OS. The molecule has 1 heterocycles. The fourth-order valence-electron chi connectivity index (χ4n) is 2.61. The highest BCUT2D eigenvalue weighted by Crippen LogP contribution is 2.22. The second-order valence-corrected chi connectivity index (χ2v) is 6.95. The molecule has 0 saturated heterocycles. The van der Waals surface area contributed by atoms with Crippen molar-refractivity contribution < 1.29 is 0 Å². The fraction of sp³-hybridized carbons (Fsp3) is 0.500. The number of nitrogens with zero attached hydrogens (tertiary/aromatic N) is 4. The molecule has 2 aromatic rings. The van der Waals surface area contributed by atoms with E-state index in [9.17, 15) is 4.79 Å². The van der Waals surface area contributed by atoms with Crippen LogP contribution in [0, 0.1) is 11.3 Å². The zero-order valence-corrected chi connectivity index (χ0v) is 15.3. The molecule has 0 N–H and O–H groups in total. The van der Waals surface area contributed by atoms with Crippen LogP contribution in [0.15, 0.2) is 34.2 Å². The summed E-state index contributed by atoms with van der Waals surface area (Å²) in [5, 5.41) is 10.1. The van der Waals surface area contributed by atoms with Gasteiger partial charge < -0.3 is 4.90 Å². The Bertz CT molecular complexity index is 777. The van der Waals surface area contributed by atoms with Crippen molar-refractivity contribution in [2.24, 2.45) is 0 Å². The van der Waals surface area contributed by atoms with Crippen LogP contribution < -0.4 is 5.56 Å². The summed E-state index contributed by atoms with van der Waals surface area (Å²) in [4.78, 5) is 19.8. The van der Waals surface area contributed by atoms with Crippen molar-refractivity contribution in [3.8, 4) is 6.07 Å². The maximum Gasteiger partial charge on any atom is 0.262 e. The van der Waals surface area contributed by atoms with E-state index >= 15 is 0 Å². The molecule has 1 atom stereocenters. The first kappa shape index (κ1) is 18.5. The predicted octanol–water partition coefficient (Wildman–Crippen LogP) is 3.13. The van der Waals surface area contributed by atoms with E-state index in [2.05, 4.69) is 29.8 Å². The summed E-state index contributed by atoms with van der Waals surface area (Å²) in [6.45, 7) is 9.69. The van der Waals surface area contributed by atoms with Gasteiger partial charge in [0.05, 0.1) is 22.2 Å². The number of aromatic nitrogens is 2. The number of thioether (sulfide) groups is 1. The summed E-state index contributed by atoms with van der Waals surface area (Å²) in [7, 11) is 0. The highest BCUT2D eigenvalue weighted by molar-refractivity contribution is 8.00. The average Bonchev–Trinajstić information content (AvgIpc) is 2.61. The van der Waals surface area contributed by atoms with E-state index in [0.29, 0.717) is 22.6 Å². The van der Waals surface area contributed by atoms with Crippen molar-refractivity contribution >= 4 is 22.7 Å². The summed E-state index contributed by atoms with van der Waals surface area (Å²) < 4.78 is 1.73. The van der Waals surface area contributed by atoms with Gasteiger partial charge in [0.15, 0.2) is 5.16 Å². The topological polar surface area (TPSA) is 61.9 Å². The Kier molecular flexibility index (Phi) is 6.83. The second kappa shape index (κ2) is 8.86. The monoisotopic (exact) mass is 344 g/mol. The first-order chi connectivity index (χ1) is 11.6. The number of hydrogen-bond donors (Lipinski definition) is 0. The van der Waals surface area contributed by atoms with E-state index in [1.807, 2.05) is 31.2 Å². The molecular weight excluding hydrogens is 320 g/mol. The smallest absolute Gasteiger partial charge is 0.262 e. The summed E-state index contributed by atoms with van der Waals surface area (Å²) in [6.07, 6.45) is 0.885. The SMILES string of the molecule is CCN(CC)CCCn1c(S[C@H](C)C#N)nc2ccccc2c1=O. The highest BCUT2D eigenvalue weighted by atomic mass is 32.2. The van der Waals surface area contributed by atoms with Crippen molar-refractivity contribution in [3.05, 3.63) is 34.6 Å². The van der Waals surface area contributed by atoms with Gasteiger partial charge in [-0.2, -0.15) is 5.26 Å². The lowest BCUT2D eigenvalue weighted by molar-refractivity contribution is 0.290. The van der Waals surface area contributed by atoms with E-state index in [1.165, 1.54) is 11.8 Å². The van der Waals surface area contributed by atoms with Crippen LogP contribution in [0.4, 0.5) is 0 Å². The van der Waals surface area contributed by atoms with Crippen molar-refractivity contribution in [3.63, 3.8) is 0 Å². The molecule has 0 aliphatic rings. The maximum absolute atomic E-state index is 12.8. The predicted molar refractivity (Wildman–Crippen MR) is 99.3 cm³/mol. The number of nitriles is 1. The van der Waals surface area contributed by atoms with Gasteiger partial charge in [-0.15, -0.1) is 0 Å². The molecule has 0 aliphatic heterocycles. The standard InChI is InChI=1S/C18H24N4OS/c1-4-21(5-2)11-8-12-22-17(23)15-9-6-7-10-16(15)20-18(22)24-14(3)13-19/h6-7,9-10,14H,4-5,8,11-12H2,1-3H3/t14-/m1/s1. The van der Waals surface area contributed by atoms with Crippen LogP contribution in [0.25, 0.3) is 10.9 Å². The van der Waals surface area contributed by atoms with E-state index in [1.54, 1.807) is 4.57 Å². The molecule has 0 saturated carbocycles. The second-order valence-electron chi connectivity index (χ2n) is 5.64. The molecule has 128 valence electrons. The Balaban J connectivity index is 2.34. The largest absolute Gasteiger partial charge is 0.304 e. The lowest BCUT2D eigenvalue weighted by Crippen LogP contribution is -2.28. The maximum atomic E-state index is 12.8. The molecule has 6 heteroatoms. The van der Waals surface area contributed by atoms with Crippen molar-refractivity contribution in [2.45, 2.75) is 44.1 Å². The van der Waals surface area contributed by atoms with Crippen LogP contribution in [0.1, 0.15) is 27.2 Å². The number of fused-ring (bicyclic) bond motifs is 1. The third kappa shape index (κ3) is 4.37. The van der Waals surface area contributed by atoms with Crippen molar-refractivity contribution in [2.75, 3.05) is 19.6 Å². The minimum atomic E-state index is -0.243. The Morgan fingerprint density at radius 1 is 1.33 bits per heavy atom. The summed E-state index contributed by atoms with van der Waals surface area (Å²) in [5.41, 5.74) is 0.669. The number of para-hydroxylation sites is 1. The van der Waals surface area contributed by atoms with Crippen LogP contribution >= 0.6 is 11.8 Å². The van der Waals surface area contributed by atoms with Gasteiger partial charge in [-0.25, -0.2) is 4.98 Å². The van der Waals surface area contributed by atoms with Crippen LogP contribution in [-0.2, 0) is 6.54 Å². The van der Waals surface area contributed by atoms with E-state index < -0.39 is 0 Å². The molecule has 0 amide bonds. The molecule has 2 rings (SSSR count). The summed E-state index contributed by atoms with van der Waals surface area (Å²) in [6, 6.07) is 9.59. The number of benzene rings is 1. The van der Waals surface area contributed by atoms with Crippen LogP contribution in [0.5, 0.6) is 0 Å². The average molecular weight is 344 g/mol. The zero-order chi connectivity index (χ0) is 17.5. The molecule has 0 unspecified atom stereocenters.